The van der Waals surface area contributed by atoms with Crippen molar-refractivity contribution in [1.82, 2.24) is 14.9 Å². The minimum atomic E-state index is -0.385. The molecule has 3 aromatic rings. The lowest BCUT2D eigenvalue weighted by Crippen LogP contribution is -2.35. The zero-order valence-electron chi connectivity index (χ0n) is 17.5. The van der Waals surface area contributed by atoms with E-state index >= 15 is 0 Å². The molecule has 0 fully saturated rings. The molecule has 2 N–H and O–H groups in total. The number of carbonyl (C=O) groups excluding carboxylic acids is 1. The average Bonchev–Trinajstić information content (AvgIpc) is 2.77. The van der Waals surface area contributed by atoms with Gasteiger partial charge in [-0.15, -0.1) is 0 Å². The van der Waals surface area contributed by atoms with Crippen molar-refractivity contribution in [1.29, 1.82) is 0 Å². The molecule has 0 saturated heterocycles. The number of halogens is 2. The predicted octanol–water partition coefficient (Wildman–Crippen LogP) is 3.65. The summed E-state index contributed by atoms with van der Waals surface area (Å²) in [4.78, 5) is 34.2. The Kier molecular flexibility index (Phi) is 6.66. The van der Waals surface area contributed by atoms with Crippen molar-refractivity contribution >= 4 is 23.4 Å². The van der Waals surface area contributed by atoms with Gasteiger partial charge in [-0.3, -0.25) is 14.5 Å². The summed E-state index contributed by atoms with van der Waals surface area (Å²) < 4.78 is 26.7. The van der Waals surface area contributed by atoms with Crippen LogP contribution in [-0.2, 0) is 24.3 Å². The number of anilines is 1. The van der Waals surface area contributed by atoms with Crippen LogP contribution in [0.1, 0.15) is 22.4 Å². The molecule has 0 radical (unpaired) electrons. The van der Waals surface area contributed by atoms with Crippen LogP contribution in [0.5, 0.6) is 0 Å². The number of aromatic nitrogens is 2. The first-order valence-electron chi connectivity index (χ1n) is 10.1. The Labute approximate surface area is 188 Å². The van der Waals surface area contributed by atoms with E-state index in [9.17, 15) is 18.4 Å². The number of fused-ring (bicyclic) bond motifs is 1. The Morgan fingerprint density at radius 3 is 2.75 bits per heavy atom. The monoisotopic (exact) mass is 456 g/mol. The highest BCUT2D eigenvalue weighted by Gasteiger charge is 2.21. The van der Waals surface area contributed by atoms with E-state index in [0.717, 1.165) is 29.6 Å². The zero-order valence-corrected chi connectivity index (χ0v) is 18.3. The molecular formula is C23H22F2N4O2S. The molecule has 1 aliphatic heterocycles. The third-order valence-corrected chi connectivity index (χ3v) is 6.11. The number of hydrogen-bond donors (Lipinski definition) is 2. The Balaban J connectivity index is 1.36. The van der Waals surface area contributed by atoms with Gasteiger partial charge in [-0.25, -0.2) is 13.8 Å². The van der Waals surface area contributed by atoms with Crippen LogP contribution in [0.25, 0.3) is 0 Å². The van der Waals surface area contributed by atoms with Gasteiger partial charge in [-0.1, -0.05) is 30.0 Å². The van der Waals surface area contributed by atoms with Crippen molar-refractivity contribution in [3.05, 3.63) is 86.8 Å². The summed E-state index contributed by atoms with van der Waals surface area (Å²) in [5.74, 6) is -0.940. The van der Waals surface area contributed by atoms with E-state index in [1.54, 1.807) is 31.2 Å². The number of rotatable bonds is 6. The van der Waals surface area contributed by atoms with Crippen LogP contribution in [0.2, 0.25) is 0 Å². The number of thioether (sulfide) groups is 1. The molecule has 1 aliphatic rings. The highest BCUT2D eigenvalue weighted by Crippen LogP contribution is 2.20. The van der Waals surface area contributed by atoms with E-state index < -0.39 is 0 Å². The topological polar surface area (TPSA) is 78.1 Å². The van der Waals surface area contributed by atoms with Crippen molar-refractivity contribution in [3.63, 3.8) is 0 Å². The van der Waals surface area contributed by atoms with Crippen molar-refractivity contribution in [2.45, 2.75) is 31.6 Å². The molecule has 2 heterocycles. The molecule has 1 aromatic heterocycles. The maximum absolute atomic E-state index is 13.6. The van der Waals surface area contributed by atoms with Gasteiger partial charge in [0.2, 0.25) is 5.91 Å². The minimum absolute atomic E-state index is 0.0356. The van der Waals surface area contributed by atoms with E-state index in [1.165, 1.54) is 18.2 Å². The zero-order chi connectivity index (χ0) is 22.7. The SMILES string of the molecule is Cc1ccc(NC(=O)CSc2nc3c(c(=O)[nH]2)CN(Cc2ccc(F)cc2)CC3)cc1F. The lowest BCUT2D eigenvalue weighted by molar-refractivity contribution is -0.113. The second-order valence-corrected chi connectivity index (χ2v) is 8.65. The van der Waals surface area contributed by atoms with Crippen molar-refractivity contribution in [3.8, 4) is 0 Å². The fourth-order valence-corrected chi connectivity index (χ4v) is 4.19. The molecule has 1 amide bonds. The summed E-state index contributed by atoms with van der Waals surface area (Å²) >= 11 is 1.13. The summed E-state index contributed by atoms with van der Waals surface area (Å²) in [6.45, 7) is 3.45. The number of nitrogens with zero attached hydrogens (tertiary/aromatic N) is 2. The Morgan fingerprint density at radius 2 is 2.00 bits per heavy atom. The number of hydrogen-bond acceptors (Lipinski definition) is 5. The fourth-order valence-electron chi connectivity index (χ4n) is 3.51. The van der Waals surface area contributed by atoms with Gasteiger partial charge in [-0.05, 0) is 42.3 Å². The van der Waals surface area contributed by atoms with Crippen molar-refractivity contribution in [2.24, 2.45) is 0 Å². The molecule has 32 heavy (non-hydrogen) atoms. The highest BCUT2D eigenvalue weighted by atomic mass is 32.2. The summed E-state index contributed by atoms with van der Waals surface area (Å²) in [5.41, 5.74) is 2.99. The Hall–Kier alpha value is -3.04. The minimum Gasteiger partial charge on any atom is -0.325 e. The lowest BCUT2D eigenvalue weighted by Gasteiger charge is -2.27. The molecule has 166 valence electrons. The Morgan fingerprint density at radius 1 is 1.22 bits per heavy atom. The maximum atomic E-state index is 13.6. The van der Waals surface area contributed by atoms with Crippen LogP contribution in [0.15, 0.2) is 52.4 Å². The molecule has 0 bridgehead atoms. The van der Waals surface area contributed by atoms with E-state index in [0.29, 0.717) is 41.5 Å². The molecule has 6 nitrogen and oxygen atoms in total. The molecule has 0 atom stereocenters. The first-order chi connectivity index (χ1) is 15.4. The summed E-state index contributed by atoms with van der Waals surface area (Å²) in [6, 6.07) is 10.8. The van der Waals surface area contributed by atoms with Gasteiger partial charge in [0, 0.05) is 31.7 Å². The molecule has 4 rings (SSSR count). The van der Waals surface area contributed by atoms with Gasteiger partial charge in [0.05, 0.1) is 17.0 Å². The smallest absolute Gasteiger partial charge is 0.256 e. The molecule has 0 aliphatic carbocycles. The predicted molar refractivity (Wildman–Crippen MR) is 120 cm³/mol. The summed E-state index contributed by atoms with van der Waals surface area (Å²) in [5, 5.41) is 3.02. The third kappa shape index (κ3) is 5.41. The van der Waals surface area contributed by atoms with E-state index in [1.807, 2.05) is 0 Å². The van der Waals surface area contributed by atoms with Crippen LogP contribution >= 0.6 is 11.8 Å². The van der Waals surface area contributed by atoms with Crippen LogP contribution in [-0.4, -0.2) is 33.1 Å². The van der Waals surface area contributed by atoms with Gasteiger partial charge >= 0.3 is 0 Å². The van der Waals surface area contributed by atoms with Gasteiger partial charge in [0.25, 0.3) is 5.56 Å². The second kappa shape index (κ2) is 9.62. The number of carbonyl (C=O) groups is 1. The van der Waals surface area contributed by atoms with Crippen molar-refractivity contribution < 1.29 is 13.6 Å². The highest BCUT2D eigenvalue weighted by molar-refractivity contribution is 7.99. The summed E-state index contributed by atoms with van der Waals surface area (Å²) in [6.07, 6.45) is 0.614. The number of benzene rings is 2. The molecule has 0 unspecified atom stereocenters. The molecule has 2 aromatic carbocycles. The third-order valence-electron chi connectivity index (χ3n) is 5.24. The van der Waals surface area contributed by atoms with E-state index in [4.69, 9.17) is 0 Å². The van der Waals surface area contributed by atoms with Gasteiger partial charge in [0.1, 0.15) is 11.6 Å². The van der Waals surface area contributed by atoms with E-state index in [-0.39, 0.29) is 28.9 Å². The van der Waals surface area contributed by atoms with Crippen LogP contribution < -0.4 is 10.9 Å². The molecular weight excluding hydrogens is 434 g/mol. The summed E-state index contributed by atoms with van der Waals surface area (Å²) in [7, 11) is 0. The number of amides is 1. The molecule has 0 spiro atoms. The Bertz CT molecular complexity index is 1200. The molecule has 9 heteroatoms. The van der Waals surface area contributed by atoms with Crippen LogP contribution in [0.4, 0.5) is 14.5 Å². The molecule has 0 saturated carbocycles. The van der Waals surface area contributed by atoms with Gasteiger partial charge in [0.15, 0.2) is 5.16 Å². The first kappa shape index (κ1) is 22.2. The number of aromatic amines is 1. The lowest BCUT2D eigenvalue weighted by atomic mass is 10.1. The quantitative estimate of drug-likeness (QED) is 0.437. The van der Waals surface area contributed by atoms with Gasteiger partial charge < -0.3 is 10.3 Å². The number of aryl methyl sites for hydroxylation is 1. The standard InChI is InChI=1S/C23H22F2N4O2S/c1-14-2-7-17(10-19(14)25)26-21(30)13-32-23-27-20-8-9-29(12-18(20)22(31)28-23)11-15-3-5-16(24)6-4-15/h2-7,10H,8-9,11-13H2,1H3,(H,26,30)(H,27,28,31). The van der Waals surface area contributed by atoms with Crippen LogP contribution in [0, 0.1) is 18.6 Å². The van der Waals surface area contributed by atoms with Gasteiger partial charge in [-0.2, -0.15) is 0 Å². The van der Waals surface area contributed by atoms with Crippen molar-refractivity contribution in [2.75, 3.05) is 17.6 Å². The average molecular weight is 457 g/mol. The van der Waals surface area contributed by atoms with Crippen LogP contribution in [0.3, 0.4) is 0 Å². The second-order valence-electron chi connectivity index (χ2n) is 7.68. The first-order valence-corrected chi connectivity index (χ1v) is 11.1. The van der Waals surface area contributed by atoms with E-state index in [2.05, 4.69) is 20.2 Å². The number of H-pyrrole nitrogens is 1. The number of nitrogens with one attached hydrogen (secondary N) is 2. The maximum Gasteiger partial charge on any atom is 0.256 e. The largest absolute Gasteiger partial charge is 0.325 e. The fraction of sp³-hybridized carbons (Fsp3) is 0.261. The normalized spacial score (nSPS) is 13.6.